The number of carbonyl (C=O) groups is 1. The molecule has 3 atom stereocenters. The summed E-state index contributed by atoms with van der Waals surface area (Å²) in [5.41, 5.74) is 0.829. The lowest BCUT2D eigenvalue weighted by Crippen LogP contribution is -2.62. The third-order valence-electron chi connectivity index (χ3n) is 5.10. The summed E-state index contributed by atoms with van der Waals surface area (Å²) in [6.45, 7) is 5.31. The number of ketones is 1. The Morgan fingerprint density at radius 3 is 2.39 bits per heavy atom. The highest BCUT2D eigenvalue weighted by atomic mass is 16.7. The Hall–Kier alpha value is -1.26. The fourth-order valence-corrected chi connectivity index (χ4v) is 3.84. The van der Waals surface area contributed by atoms with Crippen molar-refractivity contribution in [2.75, 3.05) is 27.4 Å². The highest BCUT2D eigenvalue weighted by molar-refractivity contribution is 5.93. The van der Waals surface area contributed by atoms with Crippen LogP contribution in [0.5, 0.6) is 0 Å². The topological polar surface area (TPSA) is 77.8 Å². The quantitative estimate of drug-likeness (QED) is 0.581. The Balaban J connectivity index is 1.94. The number of carbonyl (C=O) groups excluding carboxylic acids is 1. The number of allylic oxidation sites excluding steroid dienone is 1. The molecular weight excluding hydrogens is 298 g/mol. The largest absolute Gasteiger partial charge is 0.348 e. The van der Waals surface area contributed by atoms with E-state index in [2.05, 4.69) is 19.9 Å². The van der Waals surface area contributed by atoms with Crippen LogP contribution in [0.2, 0.25) is 0 Å². The van der Waals surface area contributed by atoms with E-state index >= 15 is 0 Å². The summed E-state index contributed by atoms with van der Waals surface area (Å²) in [6.07, 6.45) is 1.84. The van der Waals surface area contributed by atoms with Gasteiger partial charge in [-0.2, -0.15) is 5.26 Å². The molecule has 1 saturated heterocycles. The van der Waals surface area contributed by atoms with Gasteiger partial charge in [-0.25, -0.2) is 0 Å². The number of hydrogen-bond donors (Lipinski definition) is 0. The first-order valence-corrected chi connectivity index (χ1v) is 7.87. The van der Waals surface area contributed by atoms with Gasteiger partial charge in [-0.15, -0.1) is 0 Å². The minimum atomic E-state index is -1.35. The molecule has 0 amide bonds. The second-order valence-electron chi connectivity index (χ2n) is 7.27. The molecule has 0 aromatic heterocycles. The van der Waals surface area contributed by atoms with Crippen LogP contribution in [-0.4, -0.2) is 45.3 Å². The number of fused-ring (bicyclic) bond motifs is 2. The number of nitriles is 1. The van der Waals surface area contributed by atoms with Crippen molar-refractivity contribution in [2.24, 2.45) is 23.2 Å². The molecule has 2 bridgehead atoms. The van der Waals surface area contributed by atoms with Crippen molar-refractivity contribution in [3.8, 4) is 6.07 Å². The highest BCUT2D eigenvalue weighted by Gasteiger charge is 2.61. The monoisotopic (exact) mass is 321 g/mol. The Bertz CT molecular complexity index is 562. The van der Waals surface area contributed by atoms with Crippen molar-refractivity contribution in [3.63, 3.8) is 0 Å². The van der Waals surface area contributed by atoms with Crippen LogP contribution in [0.1, 0.15) is 20.3 Å². The summed E-state index contributed by atoms with van der Waals surface area (Å²) in [5.74, 6) is -2.80. The predicted molar refractivity (Wildman–Crippen MR) is 80.0 cm³/mol. The third-order valence-corrected chi connectivity index (χ3v) is 5.10. The average Bonchev–Trinajstić information content (AvgIpc) is 2.55. The zero-order valence-electron chi connectivity index (χ0n) is 14.0. The molecule has 0 unspecified atom stereocenters. The molecule has 126 valence electrons. The van der Waals surface area contributed by atoms with Crippen LogP contribution in [0, 0.1) is 34.5 Å². The van der Waals surface area contributed by atoms with E-state index in [0.717, 1.165) is 5.57 Å². The third kappa shape index (κ3) is 2.43. The standard InChI is InChI=1S/C17H23NO5/c1-16(2)8-22-15(23-9-16)12-6-11-10(7-18)5-13(12)17(20-3,21-4)14(11)19/h6,10-11,13,15H,5,8-9H2,1-4H3/t10-,11+,13-/m0/s1. The Morgan fingerprint density at radius 2 is 1.87 bits per heavy atom. The first kappa shape index (κ1) is 16.6. The lowest BCUT2D eigenvalue weighted by molar-refractivity contribution is -0.255. The molecule has 2 fully saturated rings. The molecular formula is C17H23NO5. The summed E-state index contributed by atoms with van der Waals surface area (Å²) in [5, 5.41) is 9.34. The Kier molecular flexibility index (Phi) is 4.09. The molecule has 6 nitrogen and oxygen atoms in total. The average molecular weight is 321 g/mol. The number of rotatable bonds is 3. The summed E-state index contributed by atoms with van der Waals surface area (Å²) >= 11 is 0. The molecule has 23 heavy (non-hydrogen) atoms. The van der Waals surface area contributed by atoms with Gasteiger partial charge in [0.05, 0.1) is 31.1 Å². The van der Waals surface area contributed by atoms with E-state index in [1.54, 1.807) is 0 Å². The van der Waals surface area contributed by atoms with Crippen LogP contribution < -0.4 is 0 Å². The molecule has 0 spiro atoms. The predicted octanol–water partition coefficient (Wildman–Crippen LogP) is 1.66. The van der Waals surface area contributed by atoms with Crippen LogP contribution in [0.3, 0.4) is 0 Å². The summed E-state index contributed by atoms with van der Waals surface area (Å²) in [7, 11) is 2.93. The van der Waals surface area contributed by atoms with Gasteiger partial charge in [-0.05, 0) is 12.0 Å². The molecule has 6 heteroatoms. The molecule has 0 aromatic carbocycles. The number of Topliss-reactive ketones (excluding diaryl/α,β-unsaturated/α-hetero) is 1. The fourth-order valence-electron chi connectivity index (χ4n) is 3.84. The summed E-state index contributed by atoms with van der Waals surface area (Å²) in [4.78, 5) is 12.7. The Labute approximate surface area is 136 Å². The molecule has 4 aliphatic rings. The first-order chi connectivity index (χ1) is 10.9. The molecule has 0 N–H and O–H groups in total. The second kappa shape index (κ2) is 5.67. The first-order valence-electron chi connectivity index (χ1n) is 7.87. The molecule has 0 aromatic rings. The van der Waals surface area contributed by atoms with Crippen LogP contribution in [0.25, 0.3) is 0 Å². The van der Waals surface area contributed by atoms with E-state index in [1.165, 1.54) is 14.2 Å². The fraction of sp³-hybridized carbons (Fsp3) is 0.765. The van der Waals surface area contributed by atoms with E-state index in [-0.39, 0.29) is 23.0 Å². The van der Waals surface area contributed by atoms with Crippen molar-refractivity contribution in [3.05, 3.63) is 11.6 Å². The van der Waals surface area contributed by atoms with Gasteiger partial charge >= 0.3 is 0 Å². The van der Waals surface area contributed by atoms with Gasteiger partial charge in [0.25, 0.3) is 0 Å². The number of methoxy groups -OCH3 is 2. The van der Waals surface area contributed by atoms with E-state index < -0.39 is 18.0 Å². The van der Waals surface area contributed by atoms with Crippen molar-refractivity contribution < 1.29 is 23.7 Å². The van der Waals surface area contributed by atoms with E-state index in [9.17, 15) is 10.1 Å². The van der Waals surface area contributed by atoms with E-state index in [0.29, 0.717) is 19.6 Å². The van der Waals surface area contributed by atoms with E-state index in [4.69, 9.17) is 18.9 Å². The number of hydrogen-bond acceptors (Lipinski definition) is 6. The van der Waals surface area contributed by atoms with Crippen molar-refractivity contribution in [1.82, 2.24) is 0 Å². The van der Waals surface area contributed by atoms with Crippen molar-refractivity contribution in [2.45, 2.75) is 32.3 Å². The molecule has 4 rings (SSSR count). The van der Waals surface area contributed by atoms with Crippen LogP contribution >= 0.6 is 0 Å². The maximum atomic E-state index is 12.7. The van der Waals surface area contributed by atoms with Gasteiger partial charge in [-0.3, -0.25) is 4.79 Å². The van der Waals surface area contributed by atoms with Crippen molar-refractivity contribution in [1.29, 1.82) is 5.26 Å². The van der Waals surface area contributed by atoms with Gasteiger partial charge in [-0.1, -0.05) is 19.9 Å². The summed E-state index contributed by atoms with van der Waals surface area (Å²) < 4.78 is 22.7. The molecule has 1 heterocycles. The number of nitrogens with zero attached hydrogens (tertiary/aromatic N) is 1. The van der Waals surface area contributed by atoms with Crippen molar-refractivity contribution >= 4 is 5.78 Å². The lowest BCUT2D eigenvalue weighted by Gasteiger charge is -2.51. The van der Waals surface area contributed by atoms with Crippen LogP contribution in [0.15, 0.2) is 11.6 Å². The zero-order chi connectivity index (χ0) is 16.8. The molecule has 1 aliphatic heterocycles. The second-order valence-corrected chi connectivity index (χ2v) is 7.27. The lowest BCUT2D eigenvalue weighted by atomic mass is 9.61. The molecule has 3 aliphatic carbocycles. The normalized spacial score (nSPS) is 35.7. The number of ether oxygens (including phenoxy) is 4. The SMILES string of the molecule is COC1(OC)C(=O)[C@@H]2C=C(C3OCC(C)(C)CO3)[C@@H]1C[C@H]2C#N. The van der Waals surface area contributed by atoms with Crippen LogP contribution in [-0.2, 0) is 23.7 Å². The Morgan fingerprint density at radius 1 is 1.26 bits per heavy atom. The van der Waals surface area contributed by atoms with Gasteiger partial charge in [0, 0.05) is 25.6 Å². The van der Waals surface area contributed by atoms with Gasteiger partial charge in [0.15, 0.2) is 6.29 Å². The minimum absolute atomic E-state index is 0.0324. The molecule has 0 radical (unpaired) electrons. The van der Waals surface area contributed by atoms with Gasteiger partial charge in [0.1, 0.15) is 0 Å². The van der Waals surface area contributed by atoms with E-state index in [1.807, 2.05) is 6.08 Å². The maximum Gasteiger partial charge on any atom is 0.236 e. The van der Waals surface area contributed by atoms with Gasteiger partial charge < -0.3 is 18.9 Å². The van der Waals surface area contributed by atoms with Gasteiger partial charge in [0.2, 0.25) is 11.6 Å². The smallest absolute Gasteiger partial charge is 0.236 e. The molecule has 1 saturated carbocycles. The summed E-state index contributed by atoms with van der Waals surface area (Å²) in [6, 6.07) is 2.23. The minimum Gasteiger partial charge on any atom is -0.348 e. The van der Waals surface area contributed by atoms with Crippen LogP contribution in [0.4, 0.5) is 0 Å². The zero-order valence-corrected chi connectivity index (χ0v) is 14.0. The maximum absolute atomic E-state index is 12.7. The highest BCUT2D eigenvalue weighted by Crippen LogP contribution is 2.51.